The molecule has 3 atom stereocenters. The van der Waals surface area contributed by atoms with Crippen LogP contribution in [0.2, 0.25) is 10.0 Å². The van der Waals surface area contributed by atoms with Crippen LogP contribution in [0.1, 0.15) is 46.8 Å². The second-order valence-electron chi connectivity index (χ2n) is 7.56. The van der Waals surface area contributed by atoms with E-state index in [-0.39, 0.29) is 12.0 Å². The first-order chi connectivity index (χ1) is 13.6. The fourth-order valence-electron chi connectivity index (χ4n) is 4.01. The molecule has 5 nitrogen and oxygen atoms in total. The molecule has 154 valence electrons. The van der Waals surface area contributed by atoms with Crippen molar-refractivity contribution in [2.45, 2.75) is 44.9 Å². The van der Waals surface area contributed by atoms with E-state index in [0.717, 1.165) is 11.1 Å². The molecular weight excluding hydrogens is 413 g/mol. The van der Waals surface area contributed by atoms with Crippen LogP contribution in [0.15, 0.2) is 36.4 Å². The Kier molecular flexibility index (Phi) is 6.22. The molecule has 0 aromatic heterocycles. The lowest BCUT2D eigenvalue weighted by atomic mass is 9.75. The van der Waals surface area contributed by atoms with E-state index in [2.05, 4.69) is 0 Å². The summed E-state index contributed by atoms with van der Waals surface area (Å²) >= 11 is 12.4. The SMILES string of the molecule is Cc1cc(Cl)ccc1C1c2cc(Cl)ccc2C(=O)N(C)C1C(OC(C)C)C(=O)O. The minimum absolute atomic E-state index is 0.261. The van der Waals surface area contributed by atoms with Gasteiger partial charge in [0.15, 0.2) is 6.10 Å². The van der Waals surface area contributed by atoms with Crippen LogP contribution in [-0.4, -0.2) is 47.2 Å². The number of carbonyl (C=O) groups is 2. The predicted molar refractivity (Wildman–Crippen MR) is 113 cm³/mol. The number of nitrogens with zero attached hydrogens (tertiary/aromatic N) is 1. The van der Waals surface area contributed by atoms with Crippen LogP contribution in [-0.2, 0) is 9.53 Å². The van der Waals surface area contributed by atoms with Crippen LogP contribution < -0.4 is 0 Å². The molecule has 1 N–H and O–H groups in total. The third-order valence-corrected chi connectivity index (χ3v) is 5.70. The predicted octanol–water partition coefficient (Wildman–Crippen LogP) is 4.77. The molecule has 3 rings (SSSR count). The fourth-order valence-corrected chi connectivity index (χ4v) is 4.42. The standard InChI is InChI=1S/C22H23Cl2NO4/c1-11(2)29-20(22(27)28)19-18(15-7-5-13(23)9-12(15)3)17-10-14(24)6-8-16(17)21(26)25(19)4/h5-11,18-20H,1-4H3,(H,27,28). The Morgan fingerprint density at radius 3 is 2.31 bits per heavy atom. The molecule has 0 bridgehead atoms. The normalized spacial score (nSPS) is 20.0. The Bertz CT molecular complexity index is 960. The lowest BCUT2D eigenvalue weighted by Gasteiger charge is -2.43. The van der Waals surface area contributed by atoms with Gasteiger partial charge in [-0.2, -0.15) is 0 Å². The average Bonchev–Trinajstić information content (AvgIpc) is 2.63. The van der Waals surface area contributed by atoms with Crippen molar-refractivity contribution in [2.24, 2.45) is 0 Å². The third-order valence-electron chi connectivity index (χ3n) is 5.23. The van der Waals surface area contributed by atoms with Crippen molar-refractivity contribution in [3.63, 3.8) is 0 Å². The van der Waals surface area contributed by atoms with E-state index < -0.39 is 24.0 Å². The van der Waals surface area contributed by atoms with Crippen molar-refractivity contribution in [1.29, 1.82) is 0 Å². The first kappa shape index (κ1) is 21.6. The van der Waals surface area contributed by atoms with Crippen LogP contribution in [0.5, 0.6) is 0 Å². The van der Waals surface area contributed by atoms with Gasteiger partial charge in [-0.15, -0.1) is 0 Å². The highest BCUT2D eigenvalue weighted by atomic mass is 35.5. The number of aliphatic carboxylic acids is 1. The molecule has 1 aliphatic heterocycles. The van der Waals surface area contributed by atoms with Crippen LogP contribution in [0.25, 0.3) is 0 Å². The van der Waals surface area contributed by atoms with Gasteiger partial charge in [0.1, 0.15) is 0 Å². The van der Waals surface area contributed by atoms with Gasteiger partial charge in [-0.25, -0.2) is 4.79 Å². The third kappa shape index (κ3) is 4.13. The van der Waals surface area contributed by atoms with Crippen molar-refractivity contribution < 1.29 is 19.4 Å². The Morgan fingerprint density at radius 2 is 1.72 bits per heavy atom. The van der Waals surface area contributed by atoms with E-state index in [4.69, 9.17) is 27.9 Å². The van der Waals surface area contributed by atoms with Gasteiger partial charge < -0.3 is 14.7 Å². The number of hydrogen-bond donors (Lipinski definition) is 1. The van der Waals surface area contributed by atoms with E-state index in [9.17, 15) is 14.7 Å². The Balaban J connectivity index is 2.29. The summed E-state index contributed by atoms with van der Waals surface area (Å²) in [5.41, 5.74) is 2.96. The van der Waals surface area contributed by atoms with Crippen molar-refractivity contribution in [3.05, 3.63) is 68.7 Å². The summed E-state index contributed by atoms with van der Waals surface area (Å²) in [6.45, 7) is 5.46. The molecule has 0 fully saturated rings. The van der Waals surface area contributed by atoms with Gasteiger partial charge in [0.2, 0.25) is 0 Å². The minimum Gasteiger partial charge on any atom is -0.479 e. The maximum absolute atomic E-state index is 13.1. The smallest absolute Gasteiger partial charge is 0.335 e. The monoisotopic (exact) mass is 435 g/mol. The lowest BCUT2D eigenvalue weighted by molar-refractivity contribution is -0.158. The summed E-state index contributed by atoms with van der Waals surface area (Å²) in [7, 11) is 1.61. The number of carboxylic acid groups (broad SMARTS) is 1. The fraction of sp³-hybridized carbons (Fsp3) is 0.364. The molecule has 2 aromatic carbocycles. The number of fused-ring (bicyclic) bond motifs is 1. The molecule has 29 heavy (non-hydrogen) atoms. The molecule has 0 saturated carbocycles. The maximum Gasteiger partial charge on any atom is 0.335 e. The number of aryl methyl sites for hydroxylation is 1. The molecule has 0 aliphatic carbocycles. The molecule has 0 radical (unpaired) electrons. The lowest BCUT2D eigenvalue weighted by Crippen LogP contribution is -2.56. The Labute approximate surface area is 180 Å². The van der Waals surface area contributed by atoms with Gasteiger partial charge >= 0.3 is 5.97 Å². The summed E-state index contributed by atoms with van der Waals surface area (Å²) in [6, 6.07) is 9.79. The molecule has 3 unspecified atom stereocenters. The summed E-state index contributed by atoms with van der Waals surface area (Å²) in [4.78, 5) is 26.7. The highest BCUT2D eigenvalue weighted by Gasteiger charge is 2.46. The number of likely N-dealkylation sites (N-methyl/N-ethyl adjacent to an activating group) is 1. The average molecular weight is 436 g/mol. The quantitative estimate of drug-likeness (QED) is 0.734. The highest BCUT2D eigenvalue weighted by molar-refractivity contribution is 6.31. The van der Waals surface area contributed by atoms with Gasteiger partial charge in [0.05, 0.1) is 12.1 Å². The zero-order chi connectivity index (χ0) is 21.5. The first-order valence-electron chi connectivity index (χ1n) is 9.32. The van der Waals surface area contributed by atoms with E-state index >= 15 is 0 Å². The van der Waals surface area contributed by atoms with Gasteiger partial charge in [0, 0.05) is 28.6 Å². The molecule has 2 aromatic rings. The number of benzene rings is 2. The van der Waals surface area contributed by atoms with E-state index in [1.165, 1.54) is 4.90 Å². The number of halogens is 2. The summed E-state index contributed by atoms with van der Waals surface area (Å²) < 4.78 is 5.78. The molecule has 1 amide bonds. The largest absolute Gasteiger partial charge is 0.479 e. The molecular formula is C22H23Cl2NO4. The van der Waals surface area contributed by atoms with Gasteiger partial charge in [-0.1, -0.05) is 29.3 Å². The zero-order valence-corrected chi connectivity index (χ0v) is 18.2. The number of rotatable bonds is 5. The molecule has 0 saturated heterocycles. The number of amides is 1. The number of carbonyl (C=O) groups excluding carboxylic acids is 1. The van der Waals surface area contributed by atoms with Crippen LogP contribution in [0.4, 0.5) is 0 Å². The second-order valence-corrected chi connectivity index (χ2v) is 8.43. The van der Waals surface area contributed by atoms with Crippen LogP contribution >= 0.6 is 23.2 Å². The van der Waals surface area contributed by atoms with Crippen molar-refractivity contribution >= 4 is 35.1 Å². The van der Waals surface area contributed by atoms with Crippen LogP contribution in [0.3, 0.4) is 0 Å². The maximum atomic E-state index is 13.1. The molecule has 7 heteroatoms. The summed E-state index contributed by atoms with van der Waals surface area (Å²) in [5.74, 6) is -1.82. The topological polar surface area (TPSA) is 66.8 Å². The van der Waals surface area contributed by atoms with Gasteiger partial charge in [-0.3, -0.25) is 4.79 Å². The van der Waals surface area contributed by atoms with E-state index in [1.807, 2.05) is 19.1 Å². The Hall–Kier alpha value is -2.08. The zero-order valence-electron chi connectivity index (χ0n) is 16.6. The first-order valence-corrected chi connectivity index (χ1v) is 10.1. The van der Waals surface area contributed by atoms with E-state index in [0.29, 0.717) is 21.2 Å². The Morgan fingerprint density at radius 1 is 1.10 bits per heavy atom. The number of hydrogen-bond acceptors (Lipinski definition) is 3. The molecule has 1 heterocycles. The van der Waals surface area contributed by atoms with Crippen molar-refractivity contribution in [3.8, 4) is 0 Å². The minimum atomic E-state index is -1.21. The van der Waals surface area contributed by atoms with Gasteiger partial charge in [-0.05, 0) is 67.8 Å². The molecule has 0 spiro atoms. The highest BCUT2D eigenvalue weighted by Crippen LogP contribution is 2.42. The van der Waals surface area contributed by atoms with Crippen molar-refractivity contribution in [2.75, 3.05) is 7.05 Å². The van der Waals surface area contributed by atoms with Crippen LogP contribution in [0, 0.1) is 6.92 Å². The second kappa shape index (κ2) is 8.34. The van der Waals surface area contributed by atoms with E-state index in [1.54, 1.807) is 45.2 Å². The number of carboxylic acids is 1. The van der Waals surface area contributed by atoms with Crippen molar-refractivity contribution in [1.82, 2.24) is 4.90 Å². The van der Waals surface area contributed by atoms with Gasteiger partial charge in [0.25, 0.3) is 5.91 Å². The summed E-state index contributed by atoms with van der Waals surface area (Å²) in [6.07, 6.45) is -1.54. The number of ether oxygens (including phenoxy) is 1. The summed E-state index contributed by atoms with van der Waals surface area (Å²) in [5, 5.41) is 11.0. The molecule has 1 aliphatic rings.